The van der Waals surface area contributed by atoms with E-state index >= 15 is 0 Å². The summed E-state index contributed by atoms with van der Waals surface area (Å²) in [4.78, 5) is 2.36. The minimum Gasteiger partial charge on any atom is -0.456 e. The van der Waals surface area contributed by atoms with Gasteiger partial charge < -0.3 is 13.9 Å². The summed E-state index contributed by atoms with van der Waals surface area (Å²) in [5, 5.41) is 9.85. The topological polar surface area (TPSA) is 21.3 Å². The molecule has 0 N–H and O–H groups in total. The van der Waals surface area contributed by atoms with E-state index in [1.807, 2.05) is 12.1 Å². The number of rotatable bonds is 8. The normalized spacial score (nSPS) is 11.7. The van der Waals surface area contributed by atoms with Crippen LogP contribution in [0.25, 0.3) is 115 Å². The monoisotopic (exact) mass is 904 g/mol. The van der Waals surface area contributed by atoms with Gasteiger partial charge in [0.2, 0.25) is 0 Å². The Hall–Kier alpha value is -9.44. The second-order valence-electron chi connectivity index (χ2n) is 18.5. The summed E-state index contributed by atoms with van der Waals surface area (Å²) in [5.41, 5.74) is 17.9. The maximum absolute atomic E-state index is 6.33. The van der Waals surface area contributed by atoms with Crippen LogP contribution in [0, 0.1) is 0 Å². The van der Waals surface area contributed by atoms with Crippen LogP contribution in [0.3, 0.4) is 0 Å². The quantitative estimate of drug-likeness (QED) is 0.142. The van der Waals surface area contributed by atoms with E-state index in [1.54, 1.807) is 0 Å². The number of hydrogen-bond donors (Lipinski definition) is 0. The lowest BCUT2D eigenvalue weighted by Crippen LogP contribution is -2.10. The highest BCUT2D eigenvalue weighted by Gasteiger charge is 2.17. The van der Waals surface area contributed by atoms with Gasteiger partial charge in [-0.05, 0) is 157 Å². The first kappa shape index (κ1) is 40.6. The summed E-state index contributed by atoms with van der Waals surface area (Å²) < 4.78 is 8.70. The van der Waals surface area contributed by atoms with Crippen LogP contribution >= 0.6 is 0 Å². The smallest absolute Gasteiger partial charge is 0.136 e. The summed E-state index contributed by atoms with van der Waals surface area (Å²) in [6, 6.07) is 96.7. The van der Waals surface area contributed by atoms with E-state index in [2.05, 4.69) is 264 Å². The van der Waals surface area contributed by atoms with Crippen molar-refractivity contribution < 1.29 is 4.42 Å². The lowest BCUT2D eigenvalue weighted by atomic mass is 9.97. The summed E-state index contributed by atoms with van der Waals surface area (Å²) in [7, 11) is 0. The molecule has 0 amide bonds. The van der Waals surface area contributed by atoms with Crippen LogP contribution in [0.4, 0.5) is 17.1 Å². The van der Waals surface area contributed by atoms with Gasteiger partial charge in [-0.15, -0.1) is 0 Å². The summed E-state index contributed by atoms with van der Waals surface area (Å²) in [6.45, 7) is 0. The van der Waals surface area contributed by atoms with Crippen LogP contribution in [0.2, 0.25) is 0 Å². The molecule has 0 aliphatic heterocycles. The van der Waals surface area contributed by atoms with Gasteiger partial charge in [0, 0.05) is 44.3 Å². The maximum atomic E-state index is 6.33. The van der Waals surface area contributed by atoms with Crippen LogP contribution < -0.4 is 4.90 Å². The molecule has 0 saturated carbocycles. The van der Waals surface area contributed by atoms with Crippen LogP contribution in [0.15, 0.2) is 271 Å². The molecule has 12 aromatic carbocycles. The number of anilines is 3. The van der Waals surface area contributed by atoms with Crippen molar-refractivity contribution in [3.05, 3.63) is 267 Å². The van der Waals surface area contributed by atoms with E-state index in [-0.39, 0.29) is 0 Å². The lowest BCUT2D eigenvalue weighted by Gasteiger charge is -2.26. The molecule has 71 heavy (non-hydrogen) atoms. The third kappa shape index (κ3) is 7.06. The van der Waals surface area contributed by atoms with Crippen molar-refractivity contribution in [1.29, 1.82) is 0 Å². The molecular formula is C68H44N2O. The van der Waals surface area contributed by atoms with Gasteiger partial charge in [-0.2, -0.15) is 0 Å². The standard InChI is InChI=1S/C68H44N2O/c1-2-16-59-48(11-1)23-24-54-42-52(31-39-60(54)59)47-27-35-56(36-28-47)69(58-15-10-14-51(43-58)53-32-40-64-63-19-5-8-22-67(63)71-68(64)44-53)55-33-25-45(26-34-55)49-12-9-13-50(41-49)46-29-37-57(38-30-46)70-65-20-6-3-17-61(65)62-18-4-7-21-66(62)70/h1-44H. The molecule has 0 spiro atoms. The van der Waals surface area contributed by atoms with Crippen molar-refractivity contribution in [2.24, 2.45) is 0 Å². The van der Waals surface area contributed by atoms with Crippen molar-refractivity contribution in [2.45, 2.75) is 0 Å². The van der Waals surface area contributed by atoms with Crippen molar-refractivity contribution in [3.63, 3.8) is 0 Å². The van der Waals surface area contributed by atoms with Gasteiger partial charge in [0.05, 0.1) is 11.0 Å². The average Bonchev–Trinajstić information content (AvgIpc) is 3.99. The Balaban J connectivity index is 0.806. The molecule has 0 aliphatic rings. The van der Waals surface area contributed by atoms with Crippen molar-refractivity contribution in [1.82, 2.24) is 4.57 Å². The minimum absolute atomic E-state index is 0.888. The molecule has 2 heterocycles. The second-order valence-corrected chi connectivity index (χ2v) is 18.5. The zero-order valence-electron chi connectivity index (χ0n) is 38.7. The Morgan fingerprint density at radius 2 is 0.718 bits per heavy atom. The Morgan fingerprint density at radius 3 is 1.39 bits per heavy atom. The Kier molecular flexibility index (Phi) is 9.53. The highest BCUT2D eigenvalue weighted by molar-refractivity contribution is 6.10. The van der Waals surface area contributed by atoms with Crippen LogP contribution in [0.5, 0.6) is 0 Å². The number of fused-ring (bicyclic) bond motifs is 9. The number of nitrogens with zero attached hydrogens (tertiary/aromatic N) is 2. The molecule has 0 radical (unpaired) electrons. The minimum atomic E-state index is 0.888. The molecule has 14 aromatic rings. The third-order valence-electron chi connectivity index (χ3n) is 14.4. The predicted octanol–water partition coefficient (Wildman–Crippen LogP) is 19.1. The first-order valence-electron chi connectivity index (χ1n) is 24.3. The molecule has 0 fully saturated rings. The van der Waals surface area contributed by atoms with Crippen molar-refractivity contribution in [2.75, 3.05) is 4.90 Å². The molecule has 0 saturated heterocycles. The van der Waals surface area contributed by atoms with Crippen LogP contribution in [-0.4, -0.2) is 4.57 Å². The Bertz CT molecular complexity index is 4280. The molecule has 0 atom stereocenters. The van der Waals surface area contributed by atoms with Crippen LogP contribution in [-0.2, 0) is 0 Å². The first-order valence-corrected chi connectivity index (χ1v) is 24.3. The fourth-order valence-electron chi connectivity index (χ4n) is 10.9. The molecule has 0 aliphatic carbocycles. The summed E-state index contributed by atoms with van der Waals surface area (Å²) >= 11 is 0. The van der Waals surface area contributed by atoms with Gasteiger partial charge in [0.1, 0.15) is 11.2 Å². The molecule has 0 unspecified atom stereocenters. The number of aromatic nitrogens is 1. The third-order valence-corrected chi connectivity index (χ3v) is 14.4. The molecular weight excluding hydrogens is 861 g/mol. The number of furan rings is 1. The number of hydrogen-bond acceptors (Lipinski definition) is 2. The Labute approximate surface area is 411 Å². The average molecular weight is 905 g/mol. The van der Waals surface area contributed by atoms with Gasteiger partial charge in [-0.3, -0.25) is 0 Å². The van der Waals surface area contributed by atoms with E-state index in [4.69, 9.17) is 4.42 Å². The molecule has 3 heteroatoms. The van der Waals surface area contributed by atoms with Gasteiger partial charge in [-0.1, -0.05) is 176 Å². The first-order chi connectivity index (χ1) is 35.2. The van der Waals surface area contributed by atoms with E-state index < -0.39 is 0 Å². The number of benzene rings is 12. The molecule has 14 rings (SSSR count). The van der Waals surface area contributed by atoms with E-state index in [0.29, 0.717) is 0 Å². The van der Waals surface area contributed by atoms with E-state index in [9.17, 15) is 0 Å². The Morgan fingerprint density at radius 1 is 0.254 bits per heavy atom. The number of para-hydroxylation sites is 3. The van der Waals surface area contributed by atoms with Crippen molar-refractivity contribution in [3.8, 4) is 50.2 Å². The van der Waals surface area contributed by atoms with Gasteiger partial charge >= 0.3 is 0 Å². The highest BCUT2D eigenvalue weighted by Crippen LogP contribution is 2.41. The molecule has 332 valence electrons. The van der Waals surface area contributed by atoms with Crippen molar-refractivity contribution >= 4 is 82.4 Å². The lowest BCUT2D eigenvalue weighted by molar-refractivity contribution is 0.669. The maximum Gasteiger partial charge on any atom is 0.136 e. The second kappa shape index (κ2) is 16.7. The largest absolute Gasteiger partial charge is 0.456 e. The van der Waals surface area contributed by atoms with Gasteiger partial charge in [-0.25, -0.2) is 0 Å². The van der Waals surface area contributed by atoms with E-state index in [0.717, 1.165) is 61.4 Å². The highest BCUT2D eigenvalue weighted by atomic mass is 16.3. The zero-order chi connectivity index (χ0) is 46.8. The molecule has 0 bridgehead atoms. The molecule has 2 aromatic heterocycles. The van der Waals surface area contributed by atoms with Gasteiger partial charge in [0.15, 0.2) is 0 Å². The van der Waals surface area contributed by atoms with E-state index in [1.165, 1.54) is 71.2 Å². The fourth-order valence-corrected chi connectivity index (χ4v) is 10.9. The summed E-state index contributed by atoms with van der Waals surface area (Å²) in [5.74, 6) is 0. The summed E-state index contributed by atoms with van der Waals surface area (Å²) in [6.07, 6.45) is 0. The van der Waals surface area contributed by atoms with Crippen LogP contribution in [0.1, 0.15) is 0 Å². The van der Waals surface area contributed by atoms with Gasteiger partial charge in [0.25, 0.3) is 0 Å². The SMILES string of the molecule is c1cc(-c2ccc(N(c3ccc(-c4ccc5c(ccc6ccccc65)c4)cc3)c3cccc(-c4ccc5c(c4)oc4ccccc45)c3)cc2)cc(-c2ccc(-n3c4ccccc4c4ccccc43)cc2)c1. The zero-order valence-corrected chi connectivity index (χ0v) is 38.7. The molecule has 3 nitrogen and oxygen atoms in total. The predicted molar refractivity (Wildman–Crippen MR) is 299 cm³/mol. The fraction of sp³-hybridized carbons (Fsp3) is 0.